The molecule has 0 radical (unpaired) electrons. The molecule has 0 saturated carbocycles. The number of ether oxygens (including phenoxy) is 1. The van der Waals surface area contributed by atoms with E-state index in [9.17, 15) is 4.79 Å². The average molecular weight is 479 g/mol. The molecule has 0 aliphatic carbocycles. The van der Waals surface area contributed by atoms with E-state index in [0.29, 0.717) is 43.3 Å². The van der Waals surface area contributed by atoms with Gasteiger partial charge in [-0.15, -0.1) is 12.4 Å². The van der Waals surface area contributed by atoms with Crippen LogP contribution in [0.5, 0.6) is 5.75 Å². The number of guanidine groups is 1. The van der Waals surface area contributed by atoms with Crippen LogP contribution in [0.25, 0.3) is 21.8 Å². The Balaban J connectivity index is 0.00000363. The highest BCUT2D eigenvalue weighted by atomic mass is 35.5. The van der Waals surface area contributed by atoms with Crippen molar-refractivity contribution in [3.8, 4) is 5.75 Å². The molecule has 0 aliphatic heterocycles. The largest absolute Gasteiger partial charge is 0.492 e. The van der Waals surface area contributed by atoms with Gasteiger partial charge in [0.2, 0.25) is 5.91 Å². The van der Waals surface area contributed by atoms with E-state index in [2.05, 4.69) is 22.2 Å². The molecule has 172 valence electrons. The number of nitrogens with zero attached hydrogens (tertiary/aromatic N) is 2. The fourth-order valence-electron chi connectivity index (χ4n) is 3.32. The molecule has 7 N–H and O–H groups in total. The summed E-state index contributed by atoms with van der Waals surface area (Å²) in [5.74, 6) is 0.519. The highest BCUT2D eigenvalue weighted by Gasteiger charge is 2.12. The van der Waals surface area contributed by atoms with Crippen molar-refractivity contribution in [1.82, 2.24) is 10.3 Å². The summed E-state index contributed by atoms with van der Waals surface area (Å²) in [5, 5.41) is 5.51. The minimum Gasteiger partial charge on any atom is -0.492 e. The van der Waals surface area contributed by atoms with Gasteiger partial charge in [-0.05, 0) is 55.7 Å². The summed E-state index contributed by atoms with van der Waals surface area (Å²) in [4.78, 5) is 20.6. The molecule has 0 fully saturated rings. The highest BCUT2D eigenvalue weighted by molar-refractivity contribution is 6.31. The number of fused-ring (bicyclic) bond motifs is 2. The minimum absolute atomic E-state index is 0. The number of carbonyl (C=O) groups is 1. The summed E-state index contributed by atoms with van der Waals surface area (Å²) in [5.41, 5.74) is 19.3. The first-order valence-electron chi connectivity index (χ1n) is 10.1. The number of halogens is 2. The van der Waals surface area contributed by atoms with E-state index in [1.54, 1.807) is 0 Å². The van der Waals surface area contributed by atoms with Crippen molar-refractivity contribution in [2.24, 2.45) is 22.2 Å². The van der Waals surface area contributed by atoms with Crippen LogP contribution in [0.2, 0.25) is 5.02 Å². The summed E-state index contributed by atoms with van der Waals surface area (Å²) in [6.45, 7) is 3.18. The summed E-state index contributed by atoms with van der Waals surface area (Å²) in [6.07, 6.45) is 1.13. The standard InChI is InChI=1S/C22H27ClN6O2.ClH/c1-13-16-6-4-14(23)11-20(16)29-19-7-5-15(12-17(13)19)31-10-9-27-21(30)18(24)3-2-8-28-22(25)26;/h4-7,11-12,18H,2-3,8-10,24H2,1H3,(H,27,30)(H4,25,26,28);1H. The molecule has 0 bridgehead atoms. The Morgan fingerprint density at radius 1 is 1.19 bits per heavy atom. The van der Waals surface area contributed by atoms with Crippen LogP contribution in [0.4, 0.5) is 0 Å². The first-order chi connectivity index (χ1) is 14.8. The zero-order valence-corrected chi connectivity index (χ0v) is 19.4. The van der Waals surface area contributed by atoms with Gasteiger partial charge in [0.1, 0.15) is 12.4 Å². The number of nitrogens with two attached hydrogens (primary N) is 3. The highest BCUT2D eigenvalue weighted by Crippen LogP contribution is 2.29. The van der Waals surface area contributed by atoms with Crippen LogP contribution in [0.15, 0.2) is 41.4 Å². The number of amides is 1. The van der Waals surface area contributed by atoms with Gasteiger partial charge in [-0.3, -0.25) is 9.79 Å². The van der Waals surface area contributed by atoms with Gasteiger partial charge in [-0.1, -0.05) is 17.7 Å². The van der Waals surface area contributed by atoms with Crippen molar-refractivity contribution in [3.63, 3.8) is 0 Å². The van der Waals surface area contributed by atoms with E-state index in [1.807, 2.05) is 36.4 Å². The molecule has 1 aromatic heterocycles. The second-order valence-electron chi connectivity index (χ2n) is 7.27. The molecule has 0 saturated heterocycles. The maximum atomic E-state index is 12.1. The number of benzene rings is 2. The molecule has 1 amide bonds. The third-order valence-corrected chi connectivity index (χ3v) is 5.19. The second kappa shape index (κ2) is 11.7. The van der Waals surface area contributed by atoms with Crippen LogP contribution < -0.4 is 27.3 Å². The maximum Gasteiger partial charge on any atom is 0.237 e. The van der Waals surface area contributed by atoms with Gasteiger partial charge in [-0.2, -0.15) is 0 Å². The van der Waals surface area contributed by atoms with Crippen LogP contribution in [0.3, 0.4) is 0 Å². The van der Waals surface area contributed by atoms with E-state index < -0.39 is 6.04 Å². The fraction of sp³-hybridized carbons (Fsp3) is 0.318. The summed E-state index contributed by atoms with van der Waals surface area (Å²) in [6, 6.07) is 10.8. The number of nitrogens with one attached hydrogen (secondary N) is 1. The van der Waals surface area contributed by atoms with Gasteiger partial charge in [0, 0.05) is 22.3 Å². The van der Waals surface area contributed by atoms with Crippen LogP contribution >= 0.6 is 24.0 Å². The average Bonchev–Trinajstić information content (AvgIpc) is 2.74. The number of aryl methyl sites for hydroxylation is 1. The molecule has 10 heteroatoms. The quantitative estimate of drug-likeness (QED) is 0.161. The predicted octanol–water partition coefficient (Wildman–Crippen LogP) is 2.65. The number of aliphatic imine (C=N–C) groups is 1. The number of hydrogen-bond acceptors (Lipinski definition) is 5. The van der Waals surface area contributed by atoms with E-state index in [-0.39, 0.29) is 24.3 Å². The second-order valence-corrected chi connectivity index (χ2v) is 7.71. The first-order valence-corrected chi connectivity index (χ1v) is 10.4. The third-order valence-electron chi connectivity index (χ3n) is 4.95. The molecule has 3 aromatic rings. The smallest absolute Gasteiger partial charge is 0.237 e. The monoisotopic (exact) mass is 478 g/mol. The molecule has 0 spiro atoms. The van der Waals surface area contributed by atoms with Crippen LogP contribution in [-0.4, -0.2) is 42.6 Å². The van der Waals surface area contributed by atoms with Crippen molar-refractivity contribution in [3.05, 3.63) is 47.0 Å². The topological polar surface area (TPSA) is 142 Å². The van der Waals surface area contributed by atoms with E-state index in [0.717, 1.165) is 27.4 Å². The van der Waals surface area contributed by atoms with Crippen molar-refractivity contribution in [1.29, 1.82) is 0 Å². The fourth-order valence-corrected chi connectivity index (χ4v) is 3.48. The lowest BCUT2D eigenvalue weighted by atomic mass is 10.0. The Labute approximate surface area is 197 Å². The van der Waals surface area contributed by atoms with Gasteiger partial charge in [0.15, 0.2) is 5.96 Å². The van der Waals surface area contributed by atoms with Gasteiger partial charge < -0.3 is 27.3 Å². The molecular formula is C22H28Cl2N6O2. The van der Waals surface area contributed by atoms with Crippen molar-refractivity contribution in [2.45, 2.75) is 25.8 Å². The van der Waals surface area contributed by atoms with E-state index in [4.69, 9.17) is 33.5 Å². The lowest BCUT2D eigenvalue weighted by Gasteiger charge is -2.13. The predicted molar refractivity (Wildman–Crippen MR) is 133 cm³/mol. The van der Waals surface area contributed by atoms with Crippen LogP contribution in [0.1, 0.15) is 18.4 Å². The Hall–Kier alpha value is -2.81. The Morgan fingerprint density at radius 2 is 1.97 bits per heavy atom. The van der Waals surface area contributed by atoms with Gasteiger partial charge in [0.25, 0.3) is 0 Å². The van der Waals surface area contributed by atoms with Crippen LogP contribution in [-0.2, 0) is 4.79 Å². The number of hydrogen-bond donors (Lipinski definition) is 4. The number of carbonyl (C=O) groups excluding carboxylic acids is 1. The van der Waals surface area contributed by atoms with Crippen molar-refractivity contribution >= 4 is 57.7 Å². The normalized spacial score (nSPS) is 11.6. The first kappa shape index (κ1) is 25.5. The zero-order valence-electron chi connectivity index (χ0n) is 17.8. The molecule has 8 nitrogen and oxygen atoms in total. The Bertz CT molecular complexity index is 1120. The summed E-state index contributed by atoms with van der Waals surface area (Å²) < 4.78 is 5.81. The van der Waals surface area contributed by atoms with Gasteiger partial charge in [-0.25, -0.2) is 4.98 Å². The van der Waals surface area contributed by atoms with Crippen LogP contribution in [0, 0.1) is 6.92 Å². The van der Waals surface area contributed by atoms with Gasteiger partial charge in [0.05, 0.1) is 23.6 Å². The lowest BCUT2D eigenvalue weighted by molar-refractivity contribution is -0.122. The lowest BCUT2D eigenvalue weighted by Crippen LogP contribution is -2.42. The van der Waals surface area contributed by atoms with E-state index >= 15 is 0 Å². The molecule has 1 heterocycles. The van der Waals surface area contributed by atoms with Crippen molar-refractivity contribution in [2.75, 3.05) is 19.7 Å². The third kappa shape index (κ3) is 6.59. The SMILES string of the molecule is Cc1c2ccc(Cl)cc2nc2ccc(OCCNC(=O)C(N)CCCN=C(N)N)cc12.Cl. The van der Waals surface area contributed by atoms with E-state index in [1.165, 1.54) is 0 Å². The maximum absolute atomic E-state index is 12.1. The molecule has 1 atom stereocenters. The molecule has 3 rings (SSSR count). The summed E-state index contributed by atoms with van der Waals surface area (Å²) in [7, 11) is 0. The Kier molecular flexibility index (Phi) is 9.31. The van der Waals surface area contributed by atoms with Gasteiger partial charge >= 0.3 is 0 Å². The molecule has 1 unspecified atom stereocenters. The minimum atomic E-state index is -0.606. The summed E-state index contributed by atoms with van der Waals surface area (Å²) >= 11 is 6.09. The Morgan fingerprint density at radius 3 is 2.72 bits per heavy atom. The number of pyridine rings is 1. The van der Waals surface area contributed by atoms with Crippen molar-refractivity contribution < 1.29 is 9.53 Å². The molecule has 2 aromatic carbocycles. The molecule has 32 heavy (non-hydrogen) atoms. The molecular weight excluding hydrogens is 451 g/mol. The number of aromatic nitrogens is 1. The number of rotatable bonds is 9. The molecule has 0 aliphatic rings. The zero-order chi connectivity index (χ0) is 22.4.